The van der Waals surface area contributed by atoms with Crippen LogP contribution in [0.5, 0.6) is 0 Å². The van der Waals surface area contributed by atoms with E-state index in [-0.39, 0.29) is 24.9 Å². The molecule has 0 aromatic heterocycles. The standard InChI is InChI=1S/C12H19NO5/c1-4-5-13-11(14)15-6-8-10(17-8)9-7-16-12(2,3)18-9/h4,8-10H,1,5-7H2,2-3H3,(H,13,14)/t8-,9+,10-/m0/s1. The van der Waals surface area contributed by atoms with Gasteiger partial charge in [-0.3, -0.25) is 0 Å². The molecule has 3 atom stereocenters. The van der Waals surface area contributed by atoms with Gasteiger partial charge < -0.3 is 24.3 Å². The Labute approximate surface area is 106 Å². The van der Waals surface area contributed by atoms with E-state index in [1.54, 1.807) is 6.08 Å². The van der Waals surface area contributed by atoms with Crippen molar-refractivity contribution in [3.63, 3.8) is 0 Å². The fourth-order valence-corrected chi connectivity index (χ4v) is 1.86. The van der Waals surface area contributed by atoms with E-state index in [0.29, 0.717) is 13.2 Å². The van der Waals surface area contributed by atoms with Crippen LogP contribution in [0.3, 0.4) is 0 Å². The number of hydrogen-bond donors (Lipinski definition) is 1. The van der Waals surface area contributed by atoms with Crippen LogP contribution in [0, 0.1) is 0 Å². The van der Waals surface area contributed by atoms with Crippen molar-refractivity contribution in [3.8, 4) is 0 Å². The number of carbonyl (C=O) groups excluding carboxylic acids is 1. The highest BCUT2D eigenvalue weighted by molar-refractivity contribution is 5.67. The summed E-state index contributed by atoms with van der Waals surface area (Å²) in [5.74, 6) is -0.552. The van der Waals surface area contributed by atoms with Gasteiger partial charge in [-0.2, -0.15) is 0 Å². The number of ether oxygens (including phenoxy) is 4. The Morgan fingerprint density at radius 1 is 1.61 bits per heavy atom. The van der Waals surface area contributed by atoms with Crippen molar-refractivity contribution >= 4 is 6.09 Å². The van der Waals surface area contributed by atoms with E-state index in [1.165, 1.54) is 0 Å². The maximum absolute atomic E-state index is 11.2. The molecule has 2 aliphatic rings. The molecule has 0 unspecified atom stereocenters. The van der Waals surface area contributed by atoms with Gasteiger partial charge in [0.25, 0.3) is 0 Å². The highest BCUT2D eigenvalue weighted by Crippen LogP contribution is 2.34. The number of alkyl carbamates (subject to hydrolysis) is 1. The summed E-state index contributed by atoms with van der Waals surface area (Å²) in [7, 11) is 0. The number of carbonyl (C=O) groups is 1. The van der Waals surface area contributed by atoms with Gasteiger partial charge >= 0.3 is 6.09 Å². The Bertz CT molecular complexity index is 330. The van der Waals surface area contributed by atoms with E-state index in [2.05, 4.69) is 11.9 Å². The van der Waals surface area contributed by atoms with Crippen molar-refractivity contribution in [3.05, 3.63) is 12.7 Å². The minimum absolute atomic E-state index is 0.0426. The van der Waals surface area contributed by atoms with Gasteiger partial charge in [0.05, 0.1) is 6.61 Å². The van der Waals surface area contributed by atoms with Crippen molar-refractivity contribution < 1.29 is 23.7 Å². The molecule has 0 bridgehead atoms. The molecule has 18 heavy (non-hydrogen) atoms. The van der Waals surface area contributed by atoms with Gasteiger partial charge in [0.2, 0.25) is 0 Å². The predicted octanol–water partition coefficient (Wildman–Crippen LogP) is 0.817. The molecule has 0 spiro atoms. The predicted molar refractivity (Wildman–Crippen MR) is 63.1 cm³/mol. The highest BCUT2D eigenvalue weighted by Gasteiger charge is 2.51. The van der Waals surface area contributed by atoms with Gasteiger partial charge in [0.15, 0.2) is 5.79 Å². The Hall–Kier alpha value is -1.11. The molecule has 2 saturated heterocycles. The number of amides is 1. The van der Waals surface area contributed by atoms with E-state index in [0.717, 1.165) is 0 Å². The van der Waals surface area contributed by atoms with Crippen LogP contribution >= 0.6 is 0 Å². The molecular formula is C12H19NO5. The molecule has 0 aromatic carbocycles. The molecule has 2 rings (SSSR count). The van der Waals surface area contributed by atoms with Crippen molar-refractivity contribution in [1.29, 1.82) is 0 Å². The average Bonchev–Trinajstić information content (AvgIpc) is 3.01. The minimum Gasteiger partial charge on any atom is -0.447 e. The van der Waals surface area contributed by atoms with Crippen LogP contribution in [-0.2, 0) is 18.9 Å². The smallest absolute Gasteiger partial charge is 0.407 e. The van der Waals surface area contributed by atoms with Gasteiger partial charge in [-0.15, -0.1) is 6.58 Å². The summed E-state index contributed by atoms with van der Waals surface area (Å²) >= 11 is 0. The molecule has 6 heteroatoms. The molecule has 0 saturated carbocycles. The lowest BCUT2D eigenvalue weighted by Gasteiger charge is -2.16. The SMILES string of the molecule is C=CCNC(=O)OC[C@@H]1O[C@@H]1[C@H]1COC(C)(C)O1. The van der Waals surface area contributed by atoms with E-state index >= 15 is 0 Å². The molecular weight excluding hydrogens is 238 g/mol. The molecule has 2 fully saturated rings. The third kappa shape index (κ3) is 3.44. The minimum atomic E-state index is -0.552. The summed E-state index contributed by atoms with van der Waals surface area (Å²) in [6.45, 7) is 8.35. The Balaban J connectivity index is 1.63. The summed E-state index contributed by atoms with van der Waals surface area (Å²) in [4.78, 5) is 11.2. The molecule has 1 N–H and O–H groups in total. The molecule has 0 aliphatic carbocycles. The van der Waals surface area contributed by atoms with Gasteiger partial charge in [-0.25, -0.2) is 4.79 Å². The molecule has 102 valence electrons. The number of hydrogen-bond acceptors (Lipinski definition) is 5. The largest absolute Gasteiger partial charge is 0.447 e. The third-order valence-corrected chi connectivity index (χ3v) is 2.79. The van der Waals surface area contributed by atoms with Crippen LogP contribution in [0.4, 0.5) is 4.79 Å². The molecule has 0 radical (unpaired) electrons. The summed E-state index contributed by atoms with van der Waals surface area (Å²) in [6, 6.07) is 0. The quantitative estimate of drug-likeness (QED) is 0.583. The first kappa shape index (κ1) is 13.3. The number of epoxide rings is 1. The van der Waals surface area contributed by atoms with Crippen LogP contribution in [0.1, 0.15) is 13.8 Å². The second-order valence-electron chi connectivity index (χ2n) is 4.77. The molecule has 6 nitrogen and oxygen atoms in total. The van der Waals surface area contributed by atoms with Gasteiger partial charge in [-0.1, -0.05) is 6.08 Å². The zero-order valence-electron chi connectivity index (χ0n) is 10.7. The highest BCUT2D eigenvalue weighted by atomic mass is 16.8. The first-order valence-electron chi connectivity index (χ1n) is 6.00. The fourth-order valence-electron chi connectivity index (χ4n) is 1.86. The van der Waals surface area contributed by atoms with Crippen LogP contribution in [0.2, 0.25) is 0 Å². The zero-order valence-corrected chi connectivity index (χ0v) is 10.7. The van der Waals surface area contributed by atoms with Crippen molar-refractivity contribution in [2.75, 3.05) is 19.8 Å². The molecule has 0 aromatic rings. The zero-order chi connectivity index (χ0) is 13.2. The van der Waals surface area contributed by atoms with Crippen molar-refractivity contribution in [2.24, 2.45) is 0 Å². The Morgan fingerprint density at radius 3 is 3.00 bits per heavy atom. The topological polar surface area (TPSA) is 69.3 Å². The third-order valence-electron chi connectivity index (χ3n) is 2.79. The van der Waals surface area contributed by atoms with E-state index in [4.69, 9.17) is 18.9 Å². The average molecular weight is 257 g/mol. The summed E-state index contributed by atoms with van der Waals surface area (Å²) in [6.07, 6.45) is 0.905. The Morgan fingerprint density at radius 2 is 2.39 bits per heavy atom. The van der Waals surface area contributed by atoms with Crippen molar-refractivity contribution in [1.82, 2.24) is 5.32 Å². The van der Waals surface area contributed by atoms with E-state index in [9.17, 15) is 4.79 Å². The number of rotatable bonds is 5. The lowest BCUT2D eigenvalue weighted by atomic mass is 10.2. The van der Waals surface area contributed by atoms with Gasteiger partial charge in [0, 0.05) is 6.54 Å². The second kappa shape index (κ2) is 5.26. The van der Waals surface area contributed by atoms with Crippen LogP contribution in [-0.4, -0.2) is 50.0 Å². The first-order valence-corrected chi connectivity index (χ1v) is 6.00. The van der Waals surface area contributed by atoms with Gasteiger partial charge in [-0.05, 0) is 13.8 Å². The molecule has 1 amide bonds. The summed E-state index contributed by atoms with van der Waals surface area (Å²) in [5, 5.41) is 2.52. The maximum atomic E-state index is 11.2. The van der Waals surface area contributed by atoms with Crippen LogP contribution in [0.25, 0.3) is 0 Å². The molecule has 2 aliphatic heterocycles. The monoisotopic (exact) mass is 257 g/mol. The number of nitrogens with one attached hydrogen (secondary N) is 1. The normalized spacial score (nSPS) is 32.9. The Kier molecular flexibility index (Phi) is 3.89. The van der Waals surface area contributed by atoms with E-state index < -0.39 is 11.9 Å². The fraction of sp³-hybridized carbons (Fsp3) is 0.750. The summed E-state index contributed by atoms with van der Waals surface area (Å²) in [5.41, 5.74) is 0. The molecule has 2 heterocycles. The summed E-state index contributed by atoms with van der Waals surface area (Å²) < 4.78 is 21.5. The van der Waals surface area contributed by atoms with E-state index in [1.807, 2.05) is 13.8 Å². The lowest BCUT2D eigenvalue weighted by molar-refractivity contribution is -0.140. The van der Waals surface area contributed by atoms with Crippen molar-refractivity contribution in [2.45, 2.75) is 37.9 Å². The van der Waals surface area contributed by atoms with Gasteiger partial charge in [0.1, 0.15) is 24.9 Å². The maximum Gasteiger partial charge on any atom is 0.407 e. The second-order valence-corrected chi connectivity index (χ2v) is 4.77. The first-order chi connectivity index (χ1) is 8.52. The van der Waals surface area contributed by atoms with Crippen LogP contribution < -0.4 is 5.32 Å². The van der Waals surface area contributed by atoms with Crippen LogP contribution in [0.15, 0.2) is 12.7 Å². The lowest BCUT2D eigenvalue weighted by Crippen LogP contribution is -2.28.